The van der Waals surface area contributed by atoms with Gasteiger partial charge in [0.05, 0.1) is 16.7 Å². The number of benzene rings is 10. The second kappa shape index (κ2) is 14.2. The zero-order chi connectivity index (χ0) is 42.6. The van der Waals surface area contributed by atoms with Crippen LogP contribution in [-0.4, -0.2) is 19.5 Å². The second-order valence-electron chi connectivity index (χ2n) is 16.7. The Morgan fingerprint density at radius 3 is 1.69 bits per heavy atom. The fraction of sp³-hybridized carbons (Fsp3) is 0. The van der Waals surface area contributed by atoms with Gasteiger partial charge in [-0.2, -0.15) is 0 Å². The molecular formula is C59H34N4S2. The van der Waals surface area contributed by atoms with Gasteiger partial charge in [0.1, 0.15) is 0 Å². The summed E-state index contributed by atoms with van der Waals surface area (Å²) < 4.78 is 7.52. The van der Waals surface area contributed by atoms with E-state index >= 15 is 0 Å². The van der Waals surface area contributed by atoms with Crippen molar-refractivity contribution in [2.45, 2.75) is 0 Å². The molecule has 0 N–H and O–H groups in total. The molecule has 14 rings (SSSR count). The normalized spacial score (nSPS) is 12.0. The summed E-state index contributed by atoms with van der Waals surface area (Å²) in [4.78, 5) is 15.9. The molecule has 10 aromatic carbocycles. The maximum atomic E-state index is 5.37. The summed E-state index contributed by atoms with van der Waals surface area (Å²) >= 11 is 3.67. The number of aromatic nitrogens is 4. The molecule has 0 aliphatic carbocycles. The van der Waals surface area contributed by atoms with Crippen molar-refractivity contribution in [3.8, 4) is 51.0 Å². The monoisotopic (exact) mass is 862 g/mol. The Kier molecular flexibility index (Phi) is 7.99. The predicted octanol–water partition coefficient (Wildman–Crippen LogP) is 16.7. The number of hydrogen-bond acceptors (Lipinski definition) is 5. The molecule has 0 saturated carbocycles. The first-order valence-corrected chi connectivity index (χ1v) is 23.5. The predicted molar refractivity (Wildman–Crippen MR) is 277 cm³/mol. The van der Waals surface area contributed by atoms with Crippen LogP contribution in [0.2, 0.25) is 0 Å². The molecule has 302 valence electrons. The zero-order valence-electron chi connectivity index (χ0n) is 34.7. The van der Waals surface area contributed by atoms with Gasteiger partial charge in [0.25, 0.3) is 0 Å². The molecule has 4 nitrogen and oxygen atoms in total. The van der Waals surface area contributed by atoms with Crippen molar-refractivity contribution in [3.63, 3.8) is 0 Å². The van der Waals surface area contributed by atoms with Crippen molar-refractivity contribution in [2.24, 2.45) is 0 Å². The Balaban J connectivity index is 1.09. The molecule has 65 heavy (non-hydrogen) atoms. The van der Waals surface area contributed by atoms with Crippen LogP contribution in [0.15, 0.2) is 206 Å². The van der Waals surface area contributed by atoms with E-state index in [2.05, 4.69) is 193 Å². The van der Waals surface area contributed by atoms with E-state index < -0.39 is 0 Å². The summed E-state index contributed by atoms with van der Waals surface area (Å²) in [5.41, 5.74) is 8.53. The van der Waals surface area contributed by atoms with Gasteiger partial charge in [0.2, 0.25) is 0 Å². The summed E-state index contributed by atoms with van der Waals surface area (Å²) in [5, 5.41) is 12.2. The molecular weight excluding hydrogens is 829 g/mol. The van der Waals surface area contributed by atoms with Crippen molar-refractivity contribution in [2.75, 3.05) is 0 Å². The molecule has 0 saturated heterocycles. The van der Waals surface area contributed by atoms with Gasteiger partial charge >= 0.3 is 0 Å². The molecule has 0 fully saturated rings. The maximum absolute atomic E-state index is 5.37. The number of thiophene rings is 2. The lowest BCUT2D eigenvalue weighted by Gasteiger charge is -2.19. The number of rotatable bonds is 5. The fourth-order valence-electron chi connectivity index (χ4n) is 10.0. The lowest BCUT2D eigenvalue weighted by Crippen LogP contribution is -2.02. The largest absolute Gasteiger partial charge is 0.309 e. The average molecular weight is 863 g/mol. The van der Waals surface area contributed by atoms with Gasteiger partial charge in [-0.1, -0.05) is 133 Å². The summed E-state index contributed by atoms with van der Waals surface area (Å²) in [7, 11) is 0. The third-order valence-corrected chi connectivity index (χ3v) is 15.3. The highest BCUT2D eigenvalue weighted by Gasteiger charge is 2.23. The van der Waals surface area contributed by atoms with E-state index in [1.165, 1.54) is 78.2 Å². The first-order chi connectivity index (χ1) is 32.2. The van der Waals surface area contributed by atoms with E-state index in [9.17, 15) is 0 Å². The van der Waals surface area contributed by atoms with Gasteiger partial charge in [-0.05, 0) is 94.3 Å². The third kappa shape index (κ3) is 5.71. The Bertz CT molecular complexity index is 4250. The van der Waals surface area contributed by atoms with E-state index in [4.69, 9.17) is 15.0 Å². The van der Waals surface area contributed by atoms with E-state index in [0.717, 1.165) is 39.0 Å². The molecule has 0 amide bonds. The van der Waals surface area contributed by atoms with Crippen LogP contribution in [0.4, 0.5) is 0 Å². The molecule has 0 atom stereocenters. The molecule has 4 aromatic heterocycles. The average Bonchev–Trinajstić information content (AvgIpc) is 4.04. The Labute approximate surface area is 381 Å². The second-order valence-corrected chi connectivity index (χ2v) is 18.9. The minimum Gasteiger partial charge on any atom is -0.309 e. The summed E-state index contributed by atoms with van der Waals surface area (Å²) in [5.74, 6) is 1.90. The highest BCUT2D eigenvalue weighted by atomic mass is 32.1. The maximum Gasteiger partial charge on any atom is 0.164 e. The van der Waals surface area contributed by atoms with Gasteiger partial charge in [-0.3, -0.25) is 0 Å². The minimum atomic E-state index is 0.622. The Hall–Kier alpha value is -8.03. The fourth-order valence-corrected chi connectivity index (χ4v) is 12.3. The topological polar surface area (TPSA) is 43.6 Å². The highest BCUT2D eigenvalue weighted by Crippen LogP contribution is 2.48. The van der Waals surface area contributed by atoms with Crippen molar-refractivity contribution >= 4 is 106 Å². The highest BCUT2D eigenvalue weighted by molar-refractivity contribution is 7.26. The van der Waals surface area contributed by atoms with E-state index in [0.29, 0.717) is 17.5 Å². The van der Waals surface area contributed by atoms with Crippen molar-refractivity contribution in [3.05, 3.63) is 206 Å². The van der Waals surface area contributed by atoms with Gasteiger partial charge in [-0.15, -0.1) is 22.7 Å². The summed E-state index contributed by atoms with van der Waals surface area (Å²) in [6, 6.07) is 74.6. The molecule has 0 aliphatic heterocycles. The number of hydrogen-bond donors (Lipinski definition) is 0. The molecule has 0 radical (unpaired) electrons. The molecule has 0 spiro atoms. The van der Waals surface area contributed by atoms with E-state index in [1.807, 2.05) is 40.9 Å². The van der Waals surface area contributed by atoms with Crippen LogP contribution >= 0.6 is 22.7 Å². The van der Waals surface area contributed by atoms with Gasteiger partial charge in [0.15, 0.2) is 17.5 Å². The van der Waals surface area contributed by atoms with Crippen LogP contribution in [0, 0.1) is 0 Å². The first-order valence-electron chi connectivity index (χ1n) is 21.8. The van der Waals surface area contributed by atoms with Crippen LogP contribution in [0.3, 0.4) is 0 Å². The van der Waals surface area contributed by atoms with Gasteiger partial charge in [0, 0.05) is 78.9 Å². The van der Waals surface area contributed by atoms with Crippen molar-refractivity contribution in [1.82, 2.24) is 19.5 Å². The number of nitrogens with zero attached hydrogens (tertiary/aromatic N) is 4. The molecule has 6 heteroatoms. The number of fused-ring (bicyclic) bond motifs is 11. The van der Waals surface area contributed by atoms with Crippen LogP contribution in [0.5, 0.6) is 0 Å². The van der Waals surface area contributed by atoms with Gasteiger partial charge in [-0.25, -0.2) is 15.0 Å². The third-order valence-electron chi connectivity index (χ3n) is 13.0. The quantitative estimate of drug-likeness (QED) is 0.173. The molecule has 14 aromatic rings. The lowest BCUT2D eigenvalue weighted by atomic mass is 9.91. The Morgan fingerprint density at radius 2 is 0.892 bits per heavy atom. The van der Waals surface area contributed by atoms with Crippen molar-refractivity contribution in [1.29, 1.82) is 0 Å². The van der Waals surface area contributed by atoms with Gasteiger partial charge < -0.3 is 4.57 Å². The molecule has 0 unspecified atom stereocenters. The summed E-state index contributed by atoms with van der Waals surface area (Å²) in [6.45, 7) is 0. The summed E-state index contributed by atoms with van der Waals surface area (Å²) in [6.07, 6.45) is 0. The van der Waals surface area contributed by atoms with Crippen LogP contribution < -0.4 is 0 Å². The zero-order valence-corrected chi connectivity index (χ0v) is 36.4. The standard InChI is InChI=1S/C59H34N4S2/c1-2-14-35(15-3-1)57-60-58(62-59(61-57)40-27-29-53-46(31-40)43-21-9-12-24-51(43)64-53)39-26-28-49(63-48-23-11-8-20-42(48)45-30-36-16-4-5-17-37(36)33-50(45)63)47(32-39)55-41-19-7-6-18-38(41)34-54-56(55)44-22-10-13-25-52(44)65-54/h1-34H. The van der Waals surface area contributed by atoms with Crippen LogP contribution in [0.25, 0.3) is 135 Å². The minimum absolute atomic E-state index is 0.622. The van der Waals surface area contributed by atoms with Crippen LogP contribution in [0.1, 0.15) is 0 Å². The lowest BCUT2D eigenvalue weighted by molar-refractivity contribution is 1.07. The van der Waals surface area contributed by atoms with E-state index in [-0.39, 0.29) is 0 Å². The smallest absolute Gasteiger partial charge is 0.164 e. The van der Waals surface area contributed by atoms with Crippen molar-refractivity contribution < 1.29 is 0 Å². The van der Waals surface area contributed by atoms with E-state index in [1.54, 1.807) is 0 Å². The first kappa shape index (κ1) is 36.5. The molecule has 0 bridgehead atoms. The van der Waals surface area contributed by atoms with Crippen LogP contribution in [-0.2, 0) is 0 Å². The molecule has 0 aliphatic rings. The Morgan fingerprint density at radius 1 is 0.323 bits per heavy atom. The SMILES string of the molecule is c1ccc(-c2nc(-c3ccc(-n4c5ccccc5c5cc6ccccc6cc54)c(-c4c5ccccc5cc5sc6ccccc6c45)c3)nc(-c3ccc4sc5ccccc5c4c3)n2)cc1. The number of para-hydroxylation sites is 1. The molecule has 4 heterocycles.